The molecule has 2 N–H and O–H groups in total. The maximum Gasteiger partial charge on any atom is 0.0888 e. The Morgan fingerprint density at radius 2 is 2.42 bits per heavy atom. The van der Waals surface area contributed by atoms with E-state index >= 15 is 0 Å². The van der Waals surface area contributed by atoms with E-state index in [2.05, 4.69) is 34.9 Å². The number of methoxy groups -OCH3 is 1. The van der Waals surface area contributed by atoms with Gasteiger partial charge in [0, 0.05) is 13.7 Å². The van der Waals surface area contributed by atoms with Gasteiger partial charge in [-0.1, -0.05) is 19.8 Å². The van der Waals surface area contributed by atoms with Crippen molar-refractivity contribution in [3.8, 4) is 0 Å². The van der Waals surface area contributed by atoms with Crippen molar-refractivity contribution >= 4 is 15.9 Å². The summed E-state index contributed by atoms with van der Waals surface area (Å²) in [5.41, 5.74) is 7.38. The molecule has 0 radical (unpaired) electrons. The molecule has 108 valence electrons. The summed E-state index contributed by atoms with van der Waals surface area (Å²) in [6.45, 7) is 5.19. The van der Waals surface area contributed by atoms with Gasteiger partial charge in [0.15, 0.2) is 0 Å². The SMILES string of the molecule is CCn1ncc(Br)c1C(N)C1(OC)CCCC(C)C1. The molecule has 1 aromatic heterocycles. The lowest BCUT2D eigenvalue weighted by molar-refractivity contribution is -0.0735. The monoisotopic (exact) mass is 329 g/mol. The van der Waals surface area contributed by atoms with Crippen LogP contribution in [-0.2, 0) is 11.3 Å². The number of ether oxygens (including phenoxy) is 1. The Kier molecular flexibility index (Phi) is 4.69. The van der Waals surface area contributed by atoms with E-state index in [0.29, 0.717) is 5.92 Å². The first-order valence-corrected chi connectivity index (χ1v) is 7.85. The molecule has 3 atom stereocenters. The number of hydrogen-bond acceptors (Lipinski definition) is 3. The summed E-state index contributed by atoms with van der Waals surface area (Å²) >= 11 is 3.57. The Balaban J connectivity index is 2.34. The number of hydrogen-bond donors (Lipinski definition) is 1. The van der Waals surface area contributed by atoms with Gasteiger partial charge in [0.2, 0.25) is 0 Å². The summed E-state index contributed by atoms with van der Waals surface area (Å²) < 4.78 is 8.85. The molecule has 1 heterocycles. The molecule has 0 spiro atoms. The summed E-state index contributed by atoms with van der Waals surface area (Å²) in [7, 11) is 1.79. The second-order valence-electron chi connectivity index (χ2n) is 5.64. The summed E-state index contributed by atoms with van der Waals surface area (Å²) in [6, 6.07) is -0.142. The molecule has 3 unspecified atom stereocenters. The van der Waals surface area contributed by atoms with Crippen LogP contribution in [0.3, 0.4) is 0 Å². The zero-order valence-electron chi connectivity index (χ0n) is 12.0. The first-order chi connectivity index (χ1) is 9.04. The van der Waals surface area contributed by atoms with Crippen LogP contribution in [-0.4, -0.2) is 22.5 Å². The second-order valence-corrected chi connectivity index (χ2v) is 6.50. The van der Waals surface area contributed by atoms with E-state index in [-0.39, 0.29) is 11.6 Å². The Morgan fingerprint density at radius 1 is 1.68 bits per heavy atom. The molecule has 0 aliphatic heterocycles. The minimum absolute atomic E-state index is 0.142. The van der Waals surface area contributed by atoms with Crippen LogP contribution in [0.2, 0.25) is 0 Å². The van der Waals surface area contributed by atoms with Gasteiger partial charge in [0.05, 0.1) is 28.0 Å². The molecule has 0 amide bonds. The second kappa shape index (κ2) is 5.94. The average molecular weight is 330 g/mol. The zero-order chi connectivity index (χ0) is 14.0. The van der Waals surface area contributed by atoms with E-state index in [4.69, 9.17) is 10.5 Å². The van der Waals surface area contributed by atoms with E-state index in [1.165, 1.54) is 12.8 Å². The maximum atomic E-state index is 6.58. The van der Waals surface area contributed by atoms with Crippen molar-refractivity contribution in [1.82, 2.24) is 9.78 Å². The molecule has 0 aromatic carbocycles. The normalized spacial score (nSPS) is 29.4. The molecule has 5 heteroatoms. The fourth-order valence-corrected chi connectivity index (χ4v) is 3.86. The largest absolute Gasteiger partial charge is 0.376 e. The minimum Gasteiger partial charge on any atom is -0.376 e. The summed E-state index contributed by atoms with van der Waals surface area (Å²) in [5.74, 6) is 0.663. The fourth-order valence-electron chi connectivity index (χ4n) is 3.32. The first kappa shape index (κ1) is 15.0. The summed E-state index contributed by atoms with van der Waals surface area (Å²) in [4.78, 5) is 0. The minimum atomic E-state index is -0.257. The number of rotatable bonds is 4. The highest BCUT2D eigenvalue weighted by molar-refractivity contribution is 9.10. The lowest BCUT2D eigenvalue weighted by Gasteiger charge is -2.43. The predicted octanol–water partition coefficient (Wildman–Crippen LogP) is 3.26. The summed E-state index contributed by atoms with van der Waals surface area (Å²) in [6.07, 6.45) is 6.32. The molecule has 1 fully saturated rings. The molecule has 1 aromatic rings. The van der Waals surface area contributed by atoms with Crippen LogP contribution in [0, 0.1) is 5.92 Å². The molecule has 1 aliphatic carbocycles. The fraction of sp³-hybridized carbons (Fsp3) is 0.786. The van der Waals surface area contributed by atoms with Gasteiger partial charge in [-0.05, 0) is 41.6 Å². The Morgan fingerprint density at radius 3 is 3.00 bits per heavy atom. The molecular weight excluding hydrogens is 306 g/mol. The van der Waals surface area contributed by atoms with Gasteiger partial charge in [-0.25, -0.2) is 0 Å². The zero-order valence-corrected chi connectivity index (χ0v) is 13.6. The smallest absolute Gasteiger partial charge is 0.0888 e. The average Bonchev–Trinajstić information content (AvgIpc) is 2.78. The van der Waals surface area contributed by atoms with E-state index in [0.717, 1.165) is 29.6 Å². The number of nitrogens with two attached hydrogens (primary N) is 1. The topological polar surface area (TPSA) is 53.1 Å². The van der Waals surface area contributed by atoms with Crippen LogP contribution < -0.4 is 5.73 Å². The van der Waals surface area contributed by atoms with Crippen LogP contribution in [0.15, 0.2) is 10.7 Å². The Bertz CT molecular complexity index is 434. The van der Waals surface area contributed by atoms with Crippen molar-refractivity contribution in [2.75, 3.05) is 7.11 Å². The third-order valence-corrected chi connectivity index (χ3v) is 5.00. The lowest BCUT2D eigenvalue weighted by atomic mass is 9.74. The van der Waals surface area contributed by atoms with Gasteiger partial charge in [0.1, 0.15) is 0 Å². The van der Waals surface area contributed by atoms with Crippen molar-refractivity contribution in [3.63, 3.8) is 0 Å². The Hall–Kier alpha value is -0.390. The first-order valence-electron chi connectivity index (χ1n) is 7.06. The van der Waals surface area contributed by atoms with Gasteiger partial charge in [0.25, 0.3) is 0 Å². The van der Waals surface area contributed by atoms with Gasteiger partial charge in [-0.15, -0.1) is 0 Å². The third-order valence-electron chi connectivity index (χ3n) is 4.39. The maximum absolute atomic E-state index is 6.58. The highest BCUT2D eigenvalue weighted by Crippen LogP contribution is 2.43. The number of aryl methyl sites for hydroxylation is 1. The van der Waals surface area contributed by atoms with Crippen molar-refractivity contribution in [2.45, 2.75) is 57.7 Å². The van der Waals surface area contributed by atoms with Gasteiger partial charge in [-0.2, -0.15) is 5.10 Å². The lowest BCUT2D eigenvalue weighted by Crippen LogP contribution is -2.47. The van der Waals surface area contributed by atoms with Crippen LogP contribution in [0.4, 0.5) is 0 Å². The van der Waals surface area contributed by atoms with Crippen molar-refractivity contribution in [3.05, 3.63) is 16.4 Å². The van der Waals surface area contributed by atoms with Gasteiger partial charge >= 0.3 is 0 Å². The van der Waals surface area contributed by atoms with E-state index in [9.17, 15) is 0 Å². The molecule has 0 bridgehead atoms. The van der Waals surface area contributed by atoms with Crippen molar-refractivity contribution in [1.29, 1.82) is 0 Å². The molecule has 19 heavy (non-hydrogen) atoms. The standard InChI is InChI=1S/C14H24BrN3O/c1-4-18-12(11(15)9-17-18)13(16)14(19-3)7-5-6-10(2)8-14/h9-10,13H,4-8,16H2,1-3H3. The quantitative estimate of drug-likeness (QED) is 0.922. The van der Waals surface area contributed by atoms with E-state index in [1.54, 1.807) is 7.11 Å². The molecule has 0 saturated heterocycles. The van der Waals surface area contributed by atoms with E-state index < -0.39 is 0 Å². The molecule has 1 aliphatic rings. The number of halogens is 1. The van der Waals surface area contributed by atoms with E-state index in [1.807, 2.05) is 10.9 Å². The molecule has 4 nitrogen and oxygen atoms in total. The van der Waals surface area contributed by atoms with Crippen LogP contribution in [0.25, 0.3) is 0 Å². The summed E-state index contributed by atoms with van der Waals surface area (Å²) in [5, 5.41) is 4.37. The number of aromatic nitrogens is 2. The highest BCUT2D eigenvalue weighted by atomic mass is 79.9. The predicted molar refractivity (Wildman–Crippen MR) is 79.9 cm³/mol. The third kappa shape index (κ3) is 2.73. The highest BCUT2D eigenvalue weighted by Gasteiger charge is 2.43. The number of nitrogens with zero attached hydrogens (tertiary/aromatic N) is 2. The Labute approximate surface area is 123 Å². The van der Waals surface area contributed by atoms with Crippen molar-refractivity contribution in [2.24, 2.45) is 11.7 Å². The molecule has 2 rings (SSSR count). The molecular formula is C14H24BrN3O. The van der Waals surface area contributed by atoms with Gasteiger partial charge in [-0.3, -0.25) is 4.68 Å². The van der Waals surface area contributed by atoms with Gasteiger partial charge < -0.3 is 10.5 Å². The molecule has 1 saturated carbocycles. The van der Waals surface area contributed by atoms with Crippen LogP contribution >= 0.6 is 15.9 Å². The van der Waals surface area contributed by atoms with Crippen LogP contribution in [0.1, 0.15) is 51.3 Å². The van der Waals surface area contributed by atoms with Crippen molar-refractivity contribution < 1.29 is 4.74 Å². The van der Waals surface area contributed by atoms with Crippen LogP contribution in [0.5, 0.6) is 0 Å².